The van der Waals surface area contributed by atoms with Crippen molar-refractivity contribution in [2.24, 2.45) is 0 Å². The summed E-state index contributed by atoms with van der Waals surface area (Å²) < 4.78 is 0. The third-order valence-corrected chi connectivity index (χ3v) is 9.58. The smallest absolute Gasteiger partial charge is 0.0743 e. The van der Waals surface area contributed by atoms with Crippen molar-refractivity contribution in [3.8, 4) is 0 Å². The highest BCUT2D eigenvalue weighted by molar-refractivity contribution is 6.77. The Bertz CT molecular complexity index is 1120. The number of aliphatic hydroxyl groups is 1. The molecule has 0 aliphatic carbocycles. The largest absolute Gasteiger partial charge is 0.391 e. The molecular formula is C33H39NOSi. The number of hydrogen-bond donors (Lipinski definition) is 1. The van der Waals surface area contributed by atoms with Gasteiger partial charge in [-0.25, -0.2) is 0 Å². The molecule has 0 spiro atoms. The molecule has 2 nitrogen and oxygen atoms in total. The van der Waals surface area contributed by atoms with Gasteiger partial charge in [0.25, 0.3) is 0 Å². The van der Waals surface area contributed by atoms with Gasteiger partial charge in [-0.3, -0.25) is 4.90 Å². The van der Waals surface area contributed by atoms with Gasteiger partial charge in [0.1, 0.15) is 0 Å². The maximum atomic E-state index is 12.3. The van der Waals surface area contributed by atoms with Crippen molar-refractivity contribution in [3.05, 3.63) is 144 Å². The molecule has 0 heterocycles. The standard InChI is InChI=1S/C33H39NOSi/c1-36(2,3)33(30-22-14-7-15-23-30)32(35)31(24-27-16-8-4-9-17-27)34(25-28-18-10-5-11-19-28)26-29-20-12-6-13-21-29/h4-23,31-33,35H,24-26H2,1-3H3/t31-,32-,33-/m0/s1. The minimum atomic E-state index is -1.78. The first kappa shape index (κ1) is 26.1. The quantitative estimate of drug-likeness (QED) is 0.221. The summed E-state index contributed by atoms with van der Waals surface area (Å²) in [6.45, 7) is 8.72. The van der Waals surface area contributed by atoms with Crippen molar-refractivity contribution in [1.29, 1.82) is 0 Å². The predicted molar refractivity (Wildman–Crippen MR) is 155 cm³/mol. The third-order valence-electron chi connectivity index (χ3n) is 7.04. The van der Waals surface area contributed by atoms with E-state index < -0.39 is 14.2 Å². The Morgan fingerprint density at radius 3 is 1.39 bits per heavy atom. The summed E-state index contributed by atoms with van der Waals surface area (Å²) in [7, 11) is -1.78. The van der Waals surface area contributed by atoms with Crippen molar-refractivity contribution in [1.82, 2.24) is 4.90 Å². The molecule has 0 fully saturated rings. The number of hydrogen-bond acceptors (Lipinski definition) is 2. The predicted octanol–water partition coefficient (Wildman–Crippen LogP) is 7.32. The first-order valence-corrected chi connectivity index (χ1v) is 16.6. The number of rotatable bonds is 11. The Hall–Kier alpha value is -2.98. The molecule has 4 aromatic rings. The second kappa shape index (κ2) is 12.3. The fourth-order valence-electron chi connectivity index (χ4n) is 5.34. The summed E-state index contributed by atoms with van der Waals surface area (Å²) in [5.74, 6) is 0. The summed E-state index contributed by atoms with van der Waals surface area (Å²) in [4.78, 5) is 2.50. The van der Waals surface area contributed by atoms with Crippen LogP contribution in [0, 0.1) is 0 Å². The van der Waals surface area contributed by atoms with Crippen molar-refractivity contribution in [3.63, 3.8) is 0 Å². The Balaban J connectivity index is 1.77. The molecule has 1 N–H and O–H groups in total. The highest BCUT2D eigenvalue weighted by atomic mass is 28.3. The topological polar surface area (TPSA) is 23.5 Å². The van der Waals surface area contributed by atoms with E-state index in [0.29, 0.717) is 0 Å². The Kier molecular flexibility index (Phi) is 8.92. The van der Waals surface area contributed by atoms with E-state index in [1.54, 1.807) is 0 Å². The van der Waals surface area contributed by atoms with Crippen LogP contribution in [0.2, 0.25) is 19.6 Å². The molecular weight excluding hydrogens is 454 g/mol. The zero-order chi connectivity index (χ0) is 25.4. The number of nitrogens with zero attached hydrogens (tertiary/aromatic N) is 1. The van der Waals surface area contributed by atoms with Gasteiger partial charge in [0.2, 0.25) is 0 Å². The lowest BCUT2D eigenvalue weighted by Gasteiger charge is -2.42. The van der Waals surface area contributed by atoms with Crippen LogP contribution in [0.5, 0.6) is 0 Å². The van der Waals surface area contributed by atoms with Crippen LogP contribution in [0.3, 0.4) is 0 Å². The lowest BCUT2D eigenvalue weighted by atomic mass is 9.93. The van der Waals surface area contributed by atoms with Gasteiger partial charge in [0.15, 0.2) is 0 Å². The molecule has 0 saturated heterocycles. The van der Waals surface area contributed by atoms with Gasteiger partial charge >= 0.3 is 0 Å². The highest BCUT2D eigenvalue weighted by Crippen LogP contribution is 2.35. The molecule has 0 saturated carbocycles. The van der Waals surface area contributed by atoms with Crippen LogP contribution in [-0.4, -0.2) is 30.2 Å². The fourth-order valence-corrected chi connectivity index (χ4v) is 7.78. The van der Waals surface area contributed by atoms with E-state index in [0.717, 1.165) is 19.5 Å². The van der Waals surface area contributed by atoms with E-state index >= 15 is 0 Å². The normalized spacial score (nSPS) is 14.4. The zero-order valence-corrected chi connectivity index (χ0v) is 22.8. The lowest BCUT2D eigenvalue weighted by molar-refractivity contribution is 0.0344. The molecule has 3 atom stereocenters. The van der Waals surface area contributed by atoms with Gasteiger partial charge in [-0.05, 0) is 28.7 Å². The molecule has 0 aliphatic heterocycles. The third kappa shape index (κ3) is 7.04. The van der Waals surface area contributed by atoms with E-state index in [9.17, 15) is 5.11 Å². The maximum absolute atomic E-state index is 12.3. The number of aliphatic hydroxyl groups excluding tert-OH is 1. The second-order valence-corrected chi connectivity index (χ2v) is 16.2. The molecule has 0 unspecified atom stereocenters. The monoisotopic (exact) mass is 493 g/mol. The van der Waals surface area contributed by atoms with Gasteiger partial charge in [0.05, 0.1) is 14.2 Å². The van der Waals surface area contributed by atoms with Crippen LogP contribution in [-0.2, 0) is 19.5 Å². The van der Waals surface area contributed by atoms with Crippen LogP contribution in [0.1, 0.15) is 27.8 Å². The maximum Gasteiger partial charge on any atom is 0.0743 e. The van der Waals surface area contributed by atoms with E-state index in [1.165, 1.54) is 22.3 Å². The summed E-state index contributed by atoms with van der Waals surface area (Å²) in [5, 5.41) is 12.3. The molecule has 4 aromatic carbocycles. The van der Waals surface area contributed by atoms with E-state index in [2.05, 4.69) is 146 Å². The molecule has 0 aromatic heterocycles. The summed E-state index contributed by atoms with van der Waals surface area (Å²) in [6, 6.07) is 42.6. The first-order valence-electron chi connectivity index (χ1n) is 13.0. The second-order valence-electron chi connectivity index (χ2n) is 10.9. The highest BCUT2D eigenvalue weighted by Gasteiger charge is 2.40. The van der Waals surface area contributed by atoms with Gasteiger partial charge in [-0.15, -0.1) is 0 Å². The molecule has 36 heavy (non-hydrogen) atoms. The van der Waals surface area contributed by atoms with Crippen molar-refractivity contribution in [2.75, 3.05) is 0 Å². The Morgan fingerprint density at radius 1 is 0.583 bits per heavy atom. The van der Waals surface area contributed by atoms with Crippen LogP contribution >= 0.6 is 0 Å². The Labute approximate surface area is 218 Å². The Morgan fingerprint density at radius 2 is 0.972 bits per heavy atom. The van der Waals surface area contributed by atoms with Crippen LogP contribution < -0.4 is 0 Å². The average Bonchev–Trinajstić information content (AvgIpc) is 2.89. The molecule has 4 rings (SSSR count). The van der Waals surface area contributed by atoms with E-state index in [4.69, 9.17) is 0 Å². The summed E-state index contributed by atoms with van der Waals surface area (Å²) >= 11 is 0. The van der Waals surface area contributed by atoms with Crippen molar-refractivity contribution >= 4 is 8.07 Å². The van der Waals surface area contributed by atoms with Crippen molar-refractivity contribution in [2.45, 2.75) is 56.8 Å². The SMILES string of the molecule is C[Si](C)(C)[C@@H](c1ccccc1)[C@@H](O)[C@H](Cc1ccccc1)N(Cc1ccccc1)Cc1ccccc1. The molecule has 186 valence electrons. The molecule has 0 radical (unpaired) electrons. The molecule has 0 aliphatic rings. The van der Waals surface area contributed by atoms with E-state index in [1.807, 2.05) is 0 Å². The van der Waals surface area contributed by atoms with Gasteiger partial charge in [-0.1, -0.05) is 141 Å². The summed E-state index contributed by atoms with van der Waals surface area (Å²) in [5.41, 5.74) is 5.17. The van der Waals surface area contributed by atoms with Gasteiger partial charge in [0, 0.05) is 24.7 Å². The van der Waals surface area contributed by atoms with E-state index in [-0.39, 0.29) is 11.6 Å². The van der Waals surface area contributed by atoms with Crippen molar-refractivity contribution < 1.29 is 5.11 Å². The molecule has 3 heteroatoms. The fraction of sp³-hybridized carbons (Fsp3) is 0.273. The molecule has 0 amide bonds. The van der Waals surface area contributed by atoms with Crippen LogP contribution in [0.15, 0.2) is 121 Å². The van der Waals surface area contributed by atoms with Gasteiger partial charge < -0.3 is 5.11 Å². The van der Waals surface area contributed by atoms with Crippen LogP contribution in [0.25, 0.3) is 0 Å². The molecule has 0 bridgehead atoms. The summed E-state index contributed by atoms with van der Waals surface area (Å²) in [6.07, 6.45) is 0.307. The lowest BCUT2D eigenvalue weighted by Crippen LogP contribution is -2.52. The van der Waals surface area contributed by atoms with Crippen LogP contribution in [0.4, 0.5) is 0 Å². The minimum Gasteiger partial charge on any atom is -0.391 e. The first-order chi connectivity index (χ1) is 17.4. The minimum absolute atomic E-state index is 0.0373. The zero-order valence-electron chi connectivity index (χ0n) is 21.8. The average molecular weight is 494 g/mol. The van der Waals surface area contributed by atoms with Gasteiger partial charge in [-0.2, -0.15) is 0 Å². The number of benzene rings is 4.